The summed E-state index contributed by atoms with van der Waals surface area (Å²) in [4.78, 5) is 29.1. The quantitative estimate of drug-likeness (QED) is 0.568. The molecule has 2 aromatic carbocycles. The molecule has 0 fully saturated rings. The minimum atomic E-state index is -0.280. The molecule has 0 unspecified atom stereocenters. The van der Waals surface area contributed by atoms with Crippen molar-refractivity contribution >= 4 is 17.5 Å². The van der Waals surface area contributed by atoms with Gasteiger partial charge >= 0.3 is 0 Å². The second kappa shape index (κ2) is 10.2. The molecule has 0 bridgehead atoms. The van der Waals surface area contributed by atoms with Gasteiger partial charge in [0.15, 0.2) is 0 Å². The van der Waals surface area contributed by atoms with Gasteiger partial charge in [-0.25, -0.2) is 0 Å². The maximum atomic E-state index is 12.6. The zero-order valence-corrected chi connectivity index (χ0v) is 16.5. The van der Waals surface area contributed by atoms with Crippen LogP contribution in [0.4, 0.5) is 5.69 Å². The lowest BCUT2D eigenvalue weighted by Crippen LogP contribution is -2.25. The smallest absolute Gasteiger partial charge is 0.257 e. The number of aryl methyl sites for hydroxylation is 2. The molecule has 0 atom stereocenters. The van der Waals surface area contributed by atoms with Gasteiger partial charge in [-0.3, -0.25) is 14.6 Å². The van der Waals surface area contributed by atoms with Crippen molar-refractivity contribution in [2.24, 2.45) is 0 Å². The Morgan fingerprint density at radius 2 is 1.59 bits per heavy atom. The van der Waals surface area contributed by atoms with E-state index in [-0.39, 0.29) is 11.8 Å². The van der Waals surface area contributed by atoms with E-state index in [2.05, 4.69) is 27.8 Å². The number of para-hydroxylation sites is 1. The lowest BCUT2D eigenvalue weighted by molar-refractivity contribution is 0.0953. The fourth-order valence-corrected chi connectivity index (χ4v) is 3.07. The number of nitrogens with zero attached hydrogens (tertiary/aromatic N) is 1. The lowest BCUT2D eigenvalue weighted by atomic mass is 10.1. The van der Waals surface area contributed by atoms with Gasteiger partial charge in [0.25, 0.3) is 11.8 Å². The number of aromatic nitrogens is 1. The van der Waals surface area contributed by atoms with Crippen molar-refractivity contribution in [3.63, 3.8) is 0 Å². The highest BCUT2D eigenvalue weighted by molar-refractivity contribution is 6.06. The van der Waals surface area contributed by atoms with Gasteiger partial charge < -0.3 is 10.6 Å². The van der Waals surface area contributed by atoms with Gasteiger partial charge in [0.2, 0.25) is 0 Å². The summed E-state index contributed by atoms with van der Waals surface area (Å²) >= 11 is 0. The van der Waals surface area contributed by atoms with E-state index >= 15 is 0 Å². The summed E-state index contributed by atoms with van der Waals surface area (Å²) < 4.78 is 0. The molecule has 1 aromatic heterocycles. The van der Waals surface area contributed by atoms with Crippen LogP contribution in [0.3, 0.4) is 0 Å². The topological polar surface area (TPSA) is 71.1 Å². The Kier molecular flexibility index (Phi) is 7.11. The van der Waals surface area contributed by atoms with Gasteiger partial charge in [0.05, 0.1) is 11.1 Å². The molecule has 0 aliphatic heterocycles. The molecule has 2 amide bonds. The number of amides is 2. The highest BCUT2D eigenvalue weighted by atomic mass is 16.2. The summed E-state index contributed by atoms with van der Waals surface area (Å²) in [5, 5.41) is 5.80. The van der Waals surface area contributed by atoms with Gasteiger partial charge in [0, 0.05) is 24.6 Å². The third-order valence-electron chi connectivity index (χ3n) is 4.68. The summed E-state index contributed by atoms with van der Waals surface area (Å²) in [6.45, 7) is 2.60. The molecule has 3 rings (SSSR count). The molecule has 5 heteroatoms. The van der Waals surface area contributed by atoms with Crippen molar-refractivity contribution in [3.8, 4) is 0 Å². The Bertz CT molecular complexity index is 971. The molecule has 0 spiro atoms. The molecule has 5 nitrogen and oxygen atoms in total. The van der Waals surface area contributed by atoms with Crippen LogP contribution in [0.1, 0.15) is 45.2 Å². The highest BCUT2D eigenvalue weighted by Crippen LogP contribution is 2.16. The summed E-state index contributed by atoms with van der Waals surface area (Å²) in [6, 6.07) is 19.4. The average molecular weight is 387 g/mol. The van der Waals surface area contributed by atoms with E-state index in [4.69, 9.17) is 0 Å². The van der Waals surface area contributed by atoms with Crippen LogP contribution in [-0.4, -0.2) is 23.3 Å². The number of pyridine rings is 1. The first-order valence-corrected chi connectivity index (χ1v) is 9.84. The molecule has 0 saturated heterocycles. The number of carbonyl (C=O) groups excluding carboxylic acids is 2. The van der Waals surface area contributed by atoms with E-state index in [0.29, 0.717) is 17.7 Å². The van der Waals surface area contributed by atoms with Crippen LogP contribution >= 0.6 is 0 Å². The predicted molar refractivity (Wildman–Crippen MR) is 115 cm³/mol. The van der Waals surface area contributed by atoms with Crippen LogP contribution in [0.15, 0.2) is 73.1 Å². The van der Waals surface area contributed by atoms with Gasteiger partial charge in [0.1, 0.15) is 0 Å². The van der Waals surface area contributed by atoms with Gasteiger partial charge in [-0.2, -0.15) is 0 Å². The molecule has 3 aromatic rings. The van der Waals surface area contributed by atoms with Gasteiger partial charge in [-0.05, 0) is 42.5 Å². The first-order chi connectivity index (χ1) is 14.2. The molecular formula is C24H25N3O2. The number of carbonyl (C=O) groups is 2. The lowest BCUT2D eigenvalue weighted by Gasteiger charge is -2.10. The molecular weight excluding hydrogens is 362 g/mol. The van der Waals surface area contributed by atoms with Crippen LogP contribution in [0.25, 0.3) is 0 Å². The van der Waals surface area contributed by atoms with Crippen LogP contribution in [0, 0.1) is 0 Å². The molecule has 0 aliphatic carbocycles. The van der Waals surface area contributed by atoms with Crippen LogP contribution in [0.5, 0.6) is 0 Å². The summed E-state index contributed by atoms with van der Waals surface area (Å²) in [6.07, 6.45) is 5.51. The van der Waals surface area contributed by atoms with E-state index in [1.807, 2.05) is 49.4 Å². The highest BCUT2D eigenvalue weighted by Gasteiger charge is 2.12. The molecule has 0 saturated carbocycles. The number of hydrogen-bond donors (Lipinski definition) is 2. The maximum Gasteiger partial charge on any atom is 0.257 e. The fraction of sp³-hybridized carbons (Fsp3) is 0.208. The third kappa shape index (κ3) is 5.75. The first-order valence-electron chi connectivity index (χ1n) is 9.84. The summed E-state index contributed by atoms with van der Waals surface area (Å²) in [5.41, 5.74) is 3.81. The third-order valence-corrected chi connectivity index (χ3v) is 4.68. The Hall–Kier alpha value is -3.47. The number of hydrogen-bond acceptors (Lipinski definition) is 3. The van der Waals surface area contributed by atoms with E-state index in [9.17, 15) is 9.59 Å². The number of rotatable bonds is 8. The minimum absolute atomic E-state index is 0.228. The monoisotopic (exact) mass is 387 g/mol. The minimum Gasteiger partial charge on any atom is -0.352 e. The van der Waals surface area contributed by atoms with Crippen molar-refractivity contribution in [1.29, 1.82) is 0 Å². The Balaban J connectivity index is 1.56. The summed E-state index contributed by atoms with van der Waals surface area (Å²) in [7, 11) is 0. The standard InChI is InChI=1S/C24H25N3O2/c1-2-19-12-6-7-13-22(19)27-24(29)21-15-20(16-25-17-21)23(28)26-14-8-11-18-9-4-3-5-10-18/h3-7,9-10,12-13,15-17H,2,8,11,14H2,1H3,(H,26,28)(H,27,29). The summed E-state index contributed by atoms with van der Waals surface area (Å²) in [5.74, 6) is -0.508. The predicted octanol–water partition coefficient (Wildman–Crippen LogP) is 4.26. The zero-order valence-electron chi connectivity index (χ0n) is 16.5. The van der Waals surface area contributed by atoms with Gasteiger partial charge in [-0.1, -0.05) is 55.5 Å². The molecule has 2 N–H and O–H groups in total. The van der Waals surface area contributed by atoms with Gasteiger partial charge in [-0.15, -0.1) is 0 Å². The van der Waals surface area contributed by atoms with E-state index in [1.54, 1.807) is 6.07 Å². The number of nitrogens with one attached hydrogen (secondary N) is 2. The number of anilines is 1. The molecule has 29 heavy (non-hydrogen) atoms. The molecule has 0 radical (unpaired) electrons. The number of benzene rings is 2. The maximum absolute atomic E-state index is 12.6. The Morgan fingerprint density at radius 1 is 0.897 bits per heavy atom. The zero-order chi connectivity index (χ0) is 20.5. The SMILES string of the molecule is CCc1ccccc1NC(=O)c1cncc(C(=O)NCCCc2ccccc2)c1. The normalized spacial score (nSPS) is 10.4. The van der Waals surface area contributed by atoms with E-state index < -0.39 is 0 Å². The van der Waals surface area contributed by atoms with Crippen LogP contribution in [0.2, 0.25) is 0 Å². The van der Waals surface area contributed by atoms with E-state index in [1.165, 1.54) is 18.0 Å². The van der Waals surface area contributed by atoms with Crippen molar-refractivity contribution in [3.05, 3.63) is 95.3 Å². The van der Waals surface area contributed by atoms with E-state index in [0.717, 1.165) is 30.5 Å². The first kappa shape index (κ1) is 20.3. The fourth-order valence-electron chi connectivity index (χ4n) is 3.07. The van der Waals surface area contributed by atoms with Crippen molar-refractivity contribution < 1.29 is 9.59 Å². The van der Waals surface area contributed by atoms with Crippen molar-refractivity contribution in [2.45, 2.75) is 26.2 Å². The second-order valence-electron chi connectivity index (χ2n) is 6.77. The molecule has 148 valence electrons. The average Bonchev–Trinajstić information content (AvgIpc) is 2.77. The van der Waals surface area contributed by atoms with Crippen LogP contribution < -0.4 is 10.6 Å². The second-order valence-corrected chi connectivity index (χ2v) is 6.77. The Labute approximate surface area is 171 Å². The van der Waals surface area contributed by atoms with Crippen LogP contribution in [-0.2, 0) is 12.8 Å². The molecule has 1 heterocycles. The van der Waals surface area contributed by atoms with Crippen molar-refractivity contribution in [2.75, 3.05) is 11.9 Å². The molecule has 0 aliphatic rings. The largest absolute Gasteiger partial charge is 0.352 e. The Morgan fingerprint density at radius 3 is 2.34 bits per heavy atom. The van der Waals surface area contributed by atoms with Crippen molar-refractivity contribution in [1.82, 2.24) is 10.3 Å².